The molecule has 1 atom stereocenters. The Morgan fingerprint density at radius 2 is 2.21 bits per heavy atom. The summed E-state index contributed by atoms with van der Waals surface area (Å²) in [6.07, 6.45) is 0.756. The highest BCUT2D eigenvalue weighted by atomic mass is 16.5. The van der Waals surface area contributed by atoms with Crippen LogP contribution >= 0.6 is 0 Å². The van der Waals surface area contributed by atoms with E-state index in [-0.39, 0.29) is 12.6 Å². The first-order valence-electron chi connectivity index (χ1n) is 6.40. The fourth-order valence-corrected chi connectivity index (χ4v) is 1.75. The first-order valence-corrected chi connectivity index (χ1v) is 6.40. The summed E-state index contributed by atoms with van der Waals surface area (Å²) in [6.45, 7) is 6.21. The number of ether oxygens (including phenoxy) is 1. The predicted octanol–water partition coefficient (Wildman–Crippen LogP) is 2.54. The largest absolute Gasteiger partial charge is 0.483 e. The van der Waals surface area contributed by atoms with E-state index >= 15 is 0 Å². The number of hydrogen-bond donors (Lipinski definition) is 1. The van der Waals surface area contributed by atoms with E-state index in [1.807, 2.05) is 39.0 Å². The van der Waals surface area contributed by atoms with Crippen molar-refractivity contribution in [1.82, 2.24) is 10.1 Å². The molecule has 19 heavy (non-hydrogen) atoms. The third-order valence-electron chi connectivity index (χ3n) is 2.90. The topological polar surface area (TPSA) is 74.2 Å². The van der Waals surface area contributed by atoms with E-state index < -0.39 is 0 Å². The monoisotopic (exact) mass is 261 g/mol. The smallest absolute Gasteiger partial charge is 0.264 e. The van der Waals surface area contributed by atoms with Gasteiger partial charge in [-0.05, 0) is 31.0 Å². The zero-order valence-corrected chi connectivity index (χ0v) is 11.5. The normalized spacial score (nSPS) is 12.4. The second kappa shape index (κ2) is 5.84. The van der Waals surface area contributed by atoms with Crippen LogP contribution < -0.4 is 10.5 Å². The second-order valence-corrected chi connectivity index (χ2v) is 4.56. The predicted molar refractivity (Wildman–Crippen MR) is 71.8 cm³/mol. The van der Waals surface area contributed by atoms with Crippen LogP contribution in [0.15, 0.2) is 22.7 Å². The van der Waals surface area contributed by atoms with E-state index in [1.165, 1.54) is 0 Å². The lowest BCUT2D eigenvalue weighted by atomic mass is 10.1. The average molecular weight is 261 g/mol. The number of hydrogen-bond acceptors (Lipinski definition) is 5. The van der Waals surface area contributed by atoms with Crippen LogP contribution in [0, 0.1) is 6.92 Å². The van der Waals surface area contributed by atoms with Crippen LogP contribution in [0.5, 0.6) is 5.75 Å². The van der Waals surface area contributed by atoms with E-state index in [0.29, 0.717) is 11.7 Å². The Morgan fingerprint density at radius 3 is 2.79 bits per heavy atom. The van der Waals surface area contributed by atoms with Gasteiger partial charge in [-0.1, -0.05) is 24.2 Å². The zero-order valence-electron chi connectivity index (χ0n) is 11.5. The molecule has 2 rings (SSSR count). The summed E-state index contributed by atoms with van der Waals surface area (Å²) in [5.74, 6) is 2.00. The van der Waals surface area contributed by atoms with Gasteiger partial charge in [-0.2, -0.15) is 4.98 Å². The van der Waals surface area contributed by atoms with Gasteiger partial charge in [0.05, 0.1) is 0 Å². The van der Waals surface area contributed by atoms with Crippen molar-refractivity contribution >= 4 is 0 Å². The lowest BCUT2D eigenvalue weighted by Crippen LogP contribution is -2.05. The van der Waals surface area contributed by atoms with Crippen molar-refractivity contribution in [3.8, 4) is 5.75 Å². The summed E-state index contributed by atoms with van der Waals surface area (Å²) < 4.78 is 10.8. The van der Waals surface area contributed by atoms with Gasteiger partial charge in [0, 0.05) is 12.5 Å². The maximum atomic E-state index is 5.84. The molecule has 0 saturated carbocycles. The Bertz CT molecular complexity index is 549. The lowest BCUT2D eigenvalue weighted by Gasteiger charge is -2.11. The highest BCUT2D eigenvalue weighted by molar-refractivity contribution is 5.37. The minimum Gasteiger partial charge on any atom is -0.483 e. The van der Waals surface area contributed by atoms with Gasteiger partial charge in [0.15, 0.2) is 12.4 Å². The first kappa shape index (κ1) is 13.5. The number of nitrogens with zero attached hydrogens (tertiary/aromatic N) is 2. The molecule has 5 heteroatoms. The third kappa shape index (κ3) is 3.32. The Hall–Kier alpha value is -1.88. The van der Waals surface area contributed by atoms with Gasteiger partial charge in [-0.15, -0.1) is 0 Å². The Labute approximate surface area is 112 Å². The molecule has 0 unspecified atom stereocenters. The number of rotatable bonds is 5. The number of aryl methyl sites for hydroxylation is 2. The van der Waals surface area contributed by atoms with E-state index in [4.69, 9.17) is 15.0 Å². The third-order valence-corrected chi connectivity index (χ3v) is 2.90. The van der Waals surface area contributed by atoms with Gasteiger partial charge >= 0.3 is 0 Å². The van der Waals surface area contributed by atoms with Crippen molar-refractivity contribution < 1.29 is 9.26 Å². The highest BCUT2D eigenvalue weighted by Crippen LogP contribution is 2.22. The first-order chi connectivity index (χ1) is 9.10. The maximum absolute atomic E-state index is 5.84. The lowest BCUT2D eigenvalue weighted by molar-refractivity contribution is 0.241. The van der Waals surface area contributed by atoms with Gasteiger partial charge in [0.1, 0.15) is 5.75 Å². The molecule has 1 aromatic heterocycles. The molecule has 0 saturated heterocycles. The van der Waals surface area contributed by atoms with Crippen LogP contribution in [0.2, 0.25) is 0 Å². The summed E-state index contributed by atoms with van der Waals surface area (Å²) >= 11 is 0. The van der Waals surface area contributed by atoms with Gasteiger partial charge < -0.3 is 15.0 Å². The number of nitrogens with two attached hydrogens (primary N) is 1. The molecule has 2 aromatic rings. The summed E-state index contributed by atoms with van der Waals surface area (Å²) in [5.41, 5.74) is 7.98. The minimum atomic E-state index is 0.0239. The Balaban J connectivity index is 2.03. The van der Waals surface area contributed by atoms with Gasteiger partial charge in [0.2, 0.25) is 0 Å². The molecular formula is C14H19N3O2. The van der Waals surface area contributed by atoms with E-state index in [2.05, 4.69) is 10.1 Å². The molecule has 0 aliphatic carbocycles. The summed E-state index contributed by atoms with van der Waals surface area (Å²) in [6, 6.07) is 5.95. The molecule has 5 nitrogen and oxygen atoms in total. The standard InChI is InChI=1S/C14H19N3O2/c1-4-13-16-14(19-17-13)8-18-12-6-5-11(10(3)15)7-9(12)2/h5-7,10H,4,8,15H2,1-3H3/t10-/m1/s1. The molecule has 0 aliphatic rings. The van der Waals surface area contributed by atoms with Crippen molar-refractivity contribution in [1.29, 1.82) is 0 Å². The SMILES string of the molecule is CCc1noc(COc2ccc([C@@H](C)N)cc2C)n1. The number of aromatic nitrogens is 2. The molecule has 1 aromatic carbocycles. The summed E-state index contributed by atoms with van der Waals surface area (Å²) in [5, 5.41) is 3.82. The van der Waals surface area contributed by atoms with E-state index in [9.17, 15) is 0 Å². The molecule has 0 aliphatic heterocycles. The minimum absolute atomic E-state index is 0.0239. The van der Waals surface area contributed by atoms with Crippen molar-refractivity contribution in [2.45, 2.75) is 39.8 Å². The molecule has 0 spiro atoms. The summed E-state index contributed by atoms with van der Waals surface area (Å²) in [7, 11) is 0. The molecule has 0 fully saturated rings. The second-order valence-electron chi connectivity index (χ2n) is 4.56. The van der Waals surface area contributed by atoms with Crippen molar-refractivity contribution in [3.63, 3.8) is 0 Å². The van der Waals surface area contributed by atoms with Gasteiger partial charge in [0.25, 0.3) is 5.89 Å². The van der Waals surface area contributed by atoms with Gasteiger partial charge in [-0.25, -0.2) is 0 Å². The fraction of sp³-hybridized carbons (Fsp3) is 0.429. The van der Waals surface area contributed by atoms with Crippen LogP contribution in [0.1, 0.15) is 42.7 Å². The molecule has 0 radical (unpaired) electrons. The highest BCUT2D eigenvalue weighted by Gasteiger charge is 2.08. The molecular weight excluding hydrogens is 242 g/mol. The van der Waals surface area contributed by atoms with Crippen LogP contribution in [0.4, 0.5) is 0 Å². The quantitative estimate of drug-likeness (QED) is 0.895. The molecule has 102 valence electrons. The van der Waals surface area contributed by atoms with Gasteiger partial charge in [-0.3, -0.25) is 0 Å². The van der Waals surface area contributed by atoms with Crippen molar-refractivity contribution in [3.05, 3.63) is 41.0 Å². The molecule has 1 heterocycles. The van der Waals surface area contributed by atoms with Crippen LogP contribution in [0.25, 0.3) is 0 Å². The number of benzene rings is 1. The Kier molecular flexibility index (Phi) is 4.16. The van der Waals surface area contributed by atoms with Crippen LogP contribution in [-0.2, 0) is 13.0 Å². The zero-order chi connectivity index (χ0) is 13.8. The molecule has 0 bridgehead atoms. The molecule has 2 N–H and O–H groups in total. The van der Waals surface area contributed by atoms with Crippen LogP contribution in [0.3, 0.4) is 0 Å². The average Bonchev–Trinajstić information content (AvgIpc) is 2.85. The maximum Gasteiger partial charge on any atom is 0.264 e. The van der Waals surface area contributed by atoms with E-state index in [0.717, 1.165) is 23.3 Å². The van der Waals surface area contributed by atoms with Crippen molar-refractivity contribution in [2.24, 2.45) is 5.73 Å². The Morgan fingerprint density at radius 1 is 1.42 bits per heavy atom. The fourth-order valence-electron chi connectivity index (χ4n) is 1.75. The molecule has 0 amide bonds. The summed E-state index contributed by atoms with van der Waals surface area (Å²) in [4.78, 5) is 4.20. The van der Waals surface area contributed by atoms with Crippen molar-refractivity contribution in [2.75, 3.05) is 0 Å². The van der Waals surface area contributed by atoms with Crippen LogP contribution in [-0.4, -0.2) is 10.1 Å². The van der Waals surface area contributed by atoms with E-state index in [1.54, 1.807) is 0 Å².